The Hall–Kier alpha value is -1.64. The molecule has 0 aliphatic rings. The van der Waals surface area contributed by atoms with E-state index in [-0.39, 0.29) is 5.78 Å². The van der Waals surface area contributed by atoms with Crippen molar-refractivity contribution in [1.82, 2.24) is 9.55 Å². The van der Waals surface area contributed by atoms with Crippen LogP contribution in [0.4, 0.5) is 0 Å². The number of carbonyl (C=O) groups excluding carboxylic acids is 1. The molecule has 3 nitrogen and oxygen atoms in total. The summed E-state index contributed by atoms with van der Waals surface area (Å²) in [5.41, 5.74) is 2.13. The molecular formula is C15H20N2O. The van der Waals surface area contributed by atoms with Gasteiger partial charge in [-0.1, -0.05) is 26.0 Å². The van der Waals surface area contributed by atoms with Gasteiger partial charge in [-0.15, -0.1) is 0 Å². The van der Waals surface area contributed by atoms with Gasteiger partial charge < -0.3 is 4.57 Å². The Morgan fingerprint density at radius 3 is 2.72 bits per heavy atom. The number of hydrogen-bond donors (Lipinski definition) is 0. The molecule has 3 heteroatoms. The number of para-hydroxylation sites is 2. The zero-order chi connectivity index (χ0) is 13.0. The van der Waals surface area contributed by atoms with Crippen molar-refractivity contribution < 1.29 is 4.79 Å². The molecule has 0 fully saturated rings. The molecule has 1 aromatic carbocycles. The van der Waals surface area contributed by atoms with E-state index in [4.69, 9.17) is 0 Å². The molecule has 0 aliphatic carbocycles. The van der Waals surface area contributed by atoms with Crippen LogP contribution in [0, 0.1) is 0 Å². The van der Waals surface area contributed by atoms with Gasteiger partial charge >= 0.3 is 0 Å². The number of rotatable bonds is 6. The zero-order valence-corrected chi connectivity index (χ0v) is 11.1. The van der Waals surface area contributed by atoms with E-state index in [1.54, 1.807) is 0 Å². The Morgan fingerprint density at radius 2 is 2.00 bits per heavy atom. The van der Waals surface area contributed by atoms with Crippen LogP contribution in [0.25, 0.3) is 11.0 Å². The number of ketones is 1. The fraction of sp³-hybridized carbons (Fsp3) is 0.467. The molecule has 96 valence electrons. The predicted octanol–water partition coefficient (Wildman–Crippen LogP) is 3.36. The Bertz CT molecular complexity index is 542. The minimum absolute atomic E-state index is 0.283. The highest BCUT2D eigenvalue weighted by atomic mass is 16.1. The third-order valence-electron chi connectivity index (χ3n) is 3.06. The van der Waals surface area contributed by atoms with Crippen molar-refractivity contribution in [3.63, 3.8) is 0 Å². The van der Waals surface area contributed by atoms with Gasteiger partial charge in [0.25, 0.3) is 0 Å². The van der Waals surface area contributed by atoms with E-state index in [2.05, 4.69) is 22.5 Å². The van der Waals surface area contributed by atoms with Crippen molar-refractivity contribution in [2.24, 2.45) is 0 Å². The lowest BCUT2D eigenvalue weighted by molar-refractivity contribution is -0.118. The van der Waals surface area contributed by atoms with E-state index >= 15 is 0 Å². The van der Waals surface area contributed by atoms with E-state index in [9.17, 15) is 4.79 Å². The first-order valence-corrected chi connectivity index (χ1v) is 6.72. The fourth-order valence-corrected chi connectivity index (χ4v) is 2.28. The predicted molar refractivity (Wildman–Crippen MR) is 73.6 cm³/mol. The van der Waals surface area contributed by atoms with Crippen molar-refractivity contribution >= 4 is 16.8 Å². The number of carbonyl (C=O) groups is 1. The van der Waals surface area contributed by atoms with Gasteiger partial charge in [-0.25, -0.2) is 4.98 Å². The standard InChI is InChI=1S/C15H20N2O/c1-3-7-12(18)11-15-16-13-8-5-6-9-14(13)17(15)10-4-2/h5-6,8-9H,3-4,7,10-11H2,1-2H3. The second-order valence-electron chi connectivity index (χ2n) is 4.63. The van der Waals surface area contributed by atoms with Crippen LogP contribution in [0.2, 0.25) is 0 Å². The second kappa shape index (κ2) is 5.80. The fourth-order valence-electron chi connectivity index (χ4n) is 2.28. The second-order valence-corrected chi connectivity index (χ2v) is 4.63. The minimum atomic E-state index is 0.283. The number of benzene rings is 1. The van der Waals surface area contributed by atoms with E-state index in [0.717, 1.165) is 36.2 Å². The Labute approximate surface area is 108 Å². The smallest absolute Gasteiger partial charge is 0.140 e. The van der Waals surface area contributed by atoms with Gasteiger partial charge in [0.05, 0.1) is 17.5 Å². The molecule has 0 unspecified atom stereocenters. The molecule has 1 aromatic heterocycles. The number of hydrogen-bond acceptors (Lipinski definition) is 2. The van der Waals surface area contributed by atoms with Gasteiger partial charge in [-0.05, 0) is 25.0 Å². The molecule has 1 heterocycles. The quantitative estimate of drug-likeness (QED) is 0.781. The summed E-state index contributed by atoms with van der Waals surface area (Å²) >= 11 is 0. The molecule has 0 amide bonds. The maximum atomic E-state index is 11.8. The van der Waals surface area contributed by atoms with Crippen molar-refractivity contribution in [3.05, 3.63) is 30.1 Å². The van der Waals surface area contributed by atoms with Crippen molar-refractivity contribution in [3.8, 4) is 0 Å². The summed E-state index contributed by atoms with van der Waals surface area (Å²) in [5, 5.41) is 0. The lowest BCUT2D eigenvalue weighted by Crippen LogP contribution is -2.09. The lowest BCUT2D eigenvalue weighted by atomic mass is 10.2. The van der Waals surface area contributed by atoms with Gasteiger partial charge in [0.2, 0.25) is 0 Å². The van der Waals surface area contributed by atoms with Gasteiger partial charge in [-0.3, -0.25) is 4.79 Å². The van der Waals surface area contributed by atoms with Gasteiger partial charge in [-0.2, -0.15) is 0 Å². The number of fused-ring (bicyclic) bond motifs is 1. The first-order valence-electron chi connectivity index (χ1n) is 6.72. The Balaban J connectivity index is 2.36. The van der Waals surface area contributed by atoms with Crippen molar-refractivity contribution in [2.75, 3.05) is 0 Å². The average molecular weight is 244 g/mol. The molecule has 0 saturated heterocycles. The third-order valence-corrected chi connectivity index (χ3v) is 3.06. The molecule has 2 rings (SSSR count). The maximum Gasteiger partial charge on any atom is 0.140 e. The first kappa shape index (κ1) is 12.8. The highest BCUT2D eigenvalue weighted by Gasteiger charge is 2.12. The molecule has 0 N–H and O–H groups in total. The largest absolute Gasteiger partial charge is 0.328 e. The van der Waals surface area contributed by atoms with E-state index in [0.29, 0.717) is 12.8 Å². The van der Waals surface area contributed by atoms with Gasteiger partial charge in [0, 0.05) is 13.0 Å². The van der Waals surface area contributed by atoms with E-state index in [1.165, 1.54) is 0 Å². The van der Waals surface area contributed by atoms with Gasteiger partial charge in [0.1, 0.15) is 11.6 Å². The molecule has 0 spiro atoms. The summed E-state index contributed by atoms with van der Waals surface area (Å²) < 4.78 is 2.18. The molecule has 0 radical (unpaired) electrons. The first-order chi connectivity index (χ1) is 8.76. The Morgan fingerprint density at radius 1 is 1.22 bits per heavy atom. The lowest BCUT2D eigenvalue weighted by Gasteiger charge is -2.06. The summed E-state index contributed by atoms with van der Waals surface area (Å²) in [5.74, 6) is 1.20. The number of nitrogens with zero attached hydrogens (tertiary/aromatic N) is 2. The van der Waals surface area contributed by atoms with Crippen LogP contribution in [0.15, 0.2) is 24.3 Å². The number of aryl methyl sites for hydroxylation is 1. The van der Waals surface area contributed by atoms with Crippen LogP contribution in [-0.2, 0) is 17.8 Å². The summed E-state index contributed by atoms with van der Waals surface area (Å²) in [4.78, 5) is 16.4. The molecule has 18 heavy (non-hydrogen) atoms. The maximum absolute atomic E-state index is 11.8. The number of imidazole rings is 1. The van der Waals surface area contributed by atoms with Crippen LogP contribution < -0.4 is 0 Å². The highest BCUT2D eigenvalue weighted by molar-refractivity contribution is 5.82. The third kappa shape index (κ3) is 2.61. The normalized spacial score (nSPS) is 11.0. The van der Waals surface area contributed by atoms with Gasteiger partial charge in [0.15, 0.2) is 0 Å². The zero-order valence-electron chi connectivity index (χ0n) is 11.1. The topological polar surface area (TPSA) is 34.9 Å². The molecule has 0 atom stereocenters. The monoisotopic (exact) mass is 244 g/mol. The summed E-state index contributed by atoms with van der Waals surface area (Å²) in [6.45, 7) is 5.11. The SMILES string of the molecule is CCCC(=O)Cc1nc2ccccc2n1CCC. The van der Waals surface area contributed by atoms with Crippen LogP contribution in [0.1, 0.15) is 38.9 Å². The number of Topliss-reactive ketones (excluding diaryl/α,β-unsaturated/α-hetero) is 1. The molecule has 0 saturated carbocycles. The summed E-state index contributed by atoms with van der Waals surface area (Å²) in [6, 6.07) is 8.10. The van der Waals surface area contributed by atoms with Crippen molar-refractivity contribution in [2.45, 2.75) is 46.1 Å². The van der Waals surface area contributed by atoms with Crippen LogP contribution in [0.5, 0.6) is 0 Å². The number of aromatic nitrogens is 2. The van der Waals surface area contributed by atoms with E-state index in [1.807, 2.05) is 25.1 Å². The van der Waals surface area contributed by atoms with Crippen LogP contribution in [0.3, 0.4) is 0 Å². The summed E-state index contributed by atoms with van der Waals surface area (Å²) in [7, 11) is 0. The Kier molecular flexibility index (Phi) is 4.13. The van der Waals surface area contributed by atoms with Crippen LogP contribution >= 0.6 is 0 Å². The molecular weight excluding hydrogens is 224 g/mol. The summed E-state index contributed by atoms with van der Waals surface area (Å²) in [6.07, 6.45) is 3.07. The van der Waals surface area contributed by atoms with Crippen molar-refractivity contribution in [1.29, 1.82) is 0 Å². The van der Waals surface area contributed by atoms with E-state index < -0.39 is 0 Å². The minimum Gasteiger partial charge on any atom is -0.328 e. The van der Waals surface area contributed by atoms with Crippen LogP contribution in [-0.4, -0.2) is 15.3 Å². The molecule has 0 aliphatic heterocycles. The molecule has 2 aromatic rings. The average Bonchev–Trinajstić information content (AvgIpc) is 2.68. The highest BCUT2D eigenvalue weighted by Crippen LogP contribution is 2.17. The molecule has 0 bridgehead atoms.